The maximum absolute atomic E-state index is 11.6. The van der Waals surface area contributed by atoms with Gasteiger partial charge in [-0.2, -0.15) is 0 Å². The van der Waals surface area contributed by atoms with Crippen molar-refractivity contribution in [1.82, 2.24) is 14.7 Å². The average Bonchev–Trinajstić information content (AvgIpc) is 2.68. The summed E-state index contributed by atoms with van der Waals surface area (Å²) in [5.74, 6) is -0.143. The first-order valence-electron chi connectivity index (χ1n) is 5.05. The van der Waals surface area contributed by atoms with E-state index in [9.17, 15) is 9.59 Å². The first-order chi connectivity index (χ1) is 9.01. The number of nitrogens with one attached hydrogen (secondary N) is 3. The molecule has 100 valence electrons. The molecule has 1 amide bonds. The first-order valence-corrected chi connectivity index (χ1v) is 6.62. The summed E-state index contributed by atoms with van der Waals surface area (Å²) in [6.07, 6.45) is 0. The Labute approximate surface area is 121 Å². The van der Waals surface area contributed by atoms with Crippen LogP contribution in [0, 0.1) is 0 Å². The Hall–Kier alpha value is -1.57. The lowest BCUT2D eigenvalue weighted by atomic mass is 10.3. The lowest BCUT2D eigenvalue weighted by Crippen LogP contribution is -2.24. The molecule has 2 heterocycles. The number of nitrogens with zero attached hydrogens (tertiary/aromatic N) is 1. The van der Waals surface area contributed by atoms with E-state index in [-0.39, 0.29) is 10.7 Å². The molecular weight excluding hydrogens is 311 g/mol. The molecule has 9 heteroatoms. The molecule has 0 bridgehead atoms. The summed E-state index contributed by atoms with van der Waals surface area (Å²) in [6, 6.07) is 3.01. The van der Waals surface area contributed by atoms with E-state index in [4.69, 9.17) is 23.2 Å². The Bertz CT molecular complexity index is 662. The molecule has 19 heavy (non-hydrogen) atoms. The summed E-state index contributed by atoms with van der Waals surface area (Å²) in [5.41, 5.74) is -0.481. The zero-order valence-corrected chi connectivity index (χ0v) is 11.9. The van der Waals surface area contributed by atoms with Crippen molar-refractivity contribution in [2.45, 2.75) is 0 Å². The second-order valence-corrected chi connectivity index (χ2v) is 5.08. The van der Waals surface area contributed by atoms with Gasteiger partial charge in [0.25, 0.3) is 11.5 Å². The molecule has 2 rings (SSSR count). The summed E-state index contributed by atoms with van der Waals surface area (Å²) in [4.78, 5) is 27.1. The van der Waals surface area contributed by atoms with Gasteiger partial charge in [0.1, 0.15) is 21.5 Å². The summed E-state index contributed by atoms with van der Waals surface area (Å²) >= 11 is 12.6. The van der Waals surface area contributed by atoms with E-state index in [2.05, 4.69) is 20.0 Å². The highest BCUT2D eigenvalue weighted by atomic mass is 35.5. The second-order valence-electron chi connectivity index (χ2n) is 3.43. The van der Waals surface area contributed by atoms with Crippen molar-refractivity contribution in [3.05, 3.63) is 38.2 Å². The minimum Gasteiger partial charge on any atom is -0.355 e. The summed E-state index contributed by atoms with van der Waals surface area (Å²) in [7, 11) is 1.44. The van der Waals surface area contributed by atoms with Crippen molar-refractivity contribution < 1.29 is 4.79 Å². The van der Waals surface area contributed by atoms with Crippen LogP contribution in [0.4, 0.5) is 10.8 Å². The number of aromatic amines is 1. The average molecular weight is 319 g/mol. The molecule has 0 saturated carbocycles. The van der Waals surface area contributed by atoms with Crippen molar-refractivity contribution in [3.8, 4) is 0 Å². The number of aromatic nitrogens is 2. The topological polar surface area (TPSA) is 86.9 Å². The molecule has 0 aliphatic heterocycles. The van der Waals surface area contributed by atoms with Crippen LogP contribution in [0.25, 0.3) is 0 Å². The fourth-order valence-corrected chi connectivity index (χ4v) is 2.58. The summed E-state index contributed by atoms with van der Waals surface area (Å²) in [6.45, 7) is 0. The third kappa shape index (κ3) is 3.06. The first kappa shape index (κ1) is 13.9. The van der Waals surface area contributed by atoms with Gasteiger partial charge in [-0.1, -0.05) is 23.2 Å². The third-order valence-corrected chi connectivity index (χ3v) is 3.36. The number of H-pyrrole nitrogens is 1. The van der Waals surface area contributed by atoms with Gasteiger partial charge in [-0.15, -0.1) is 0 Å². The lowest BCUT2D eigenvalue weighted by Gasteiger charge is -2.05. The standard InChI is InChI=1S/C10H8Cl2N4O2S/c1-13-8(17)7-9(18)16-19-10(7)15-6-3-4(11)2-5(12)14-6/h2-3H,1H3,(H,13,17)(H,14,15)(H,16,18). The molecule has 0 fully saturated rings. The van der Waals surface area contributed by atoms with Crippen LogP contribution in [-0.2, 0) is 0 Å². The molecule has 0 radical (unpaired) electrons. The van der Waals surface area contributed by atoms with E-state index in [0.29, 0.717) is 15.8 Å². The molecule has 3 N–H and O–H groups in total. The van der Waals surface area contributed by atoms with Crippen LogP contribution >= 0.6 is 34.7 Å². The van der Waals surface area contributed by atoms with Crippen LogP contribution in [0.2, 0.25) is 10.2 Å². The van der Waals surface area contributed by atoms with Crippen molar-refractivity contribution in [2.24, 2.45) is 0 Å². The highest BCUT2D eigenvalue weighted by Gasteiger charge is 2.18. The molecule has 0 aliphatic carbocycles. The minimum absolute atomic E-state index is 0.00889. The fraction of sp³-hybridized carbons (Fsp3) is 0.100. The number of anilines is 2. The fourth-order valence-electron chi connectivity index (χ4n) is 1.37. The van der Waals surface area contributed by atoms with E-state index < -0.39 is 11.5 Å². The predicted molar refractivity (Wildman–Crippen MR) is 75.9 cm³/mol. The van der Waals surface area contributed by atoms with Crippen molar-refractivity contribution >= 4 is 51.5 Å². The molecule has 0 aliphatic rings. The molecule has 0 aromatic carbocycles. The molecule has 0 spiro atoms. The normalized spacial score (nSPS) is 10.3. The van der Waals surface area contributed by atoms with Gasteiger partial charge in [-0.3, -0.25) is 14.0 Å². The van der Waals surface area contributed by atoms with E-state index in [1.165, 1.54) is 19.2 Å². The molecule has 6 nitrogen and oxygen atoms in total. The predicted octanol–water partition coefficient (Wildman–Crippen LogP) is 2.24. The van der Waals surface area contributed by atoms with Gasteiger partial charge in [0, 0.05) is 12.1 Å². The quantitative estimate of drug-likeness (QED) is 0.757. The summed E-state index contributed by atoms with van der Waals surface area (Å²) < 4.78 is 2.47. The minimum atomic E-state index is -0.488. The van der Waals surface area contributed by atoms with Crippen LogP contribution in [-0.4, -0.2) is 22.3 Å². The Morgan fingerprint density at radius 1 is 1.42 bits per heavy atom. The second kappa shape index (κ2) is 5.60. The van der Waals surface area contributed by atoms with Crippen LogP contribution in [0.5, 0.6) is 0 Å². The number of pyridine rings is 1. The monoisotopic (exact) mass is 318 g/mol. The van der Waals surface area contributed by atoms with Crippen LogP contribution in [0.15, 0.2) is 16.9 Å². The lowest BCUT2D eigenvalue weighted by molar-refractivity contribution is 0.0963. The number of hydrogen-bond acceptors (Lipinski definition) is 5. The highest BCUT2D eigenvalue weighted by molar-refractivity contribution is 7.10. The van der Waals surface area contributed by atoms with Gasteiger partial charge in [0.15, 0.2) is 0 Å². The van der Waals surface area contributed by atoms with Crippen molar-refractivity contribution in [2.75, 3.05) is 12.4 Å². The maximum Gasteiger partial charge on any atom is 0.273 e. The smallest absolute Gasteiger partial charge is 0.273 e. The van der Waals surface area contributed by atoms with Crippen LogP contribution in [0.3, 0.4) is 0 Å². The number of rotatable bonds is 3. The Kier molecular flexibility index (Phi) is 4.08. The largest absolute Gasteiger partial charge is 0.355 e. The van der Waals surface area contributed by atoms with E-state index >= 15 is 0 Å². The molecular formula is C10H8Cl2N4O2S. The third-order valence-electron chi connectivity index (χ3n) is 2.15. The van der Waals surface area contributed by atoms with E-state index in [0.717, 1.165) is 11.5 Å². The molecule has 0 unspecified atom stereocenters. The van der Waals surface area contributed by atoms with E-state index in [1.54, 1.807) is 0 Å². The Balaban J connectivity index is 2.39. The number of hydrogen-bond donors (Lipinski definition) is 3. The Morgan fingerprint density at radius 3 is 2.79 bits per heavy atom. The number of carbonyl (C=O) groups is 1. The van der Waals surface area contributed by atoms with Crippen LogP contribution in [0.1, 0.15) is 10.4 Å². The number of amides is 1. The van der Waals surface area contributed by atoms with Gasteiger partial charge in [0.05, 0.1) is 0 Å². The molecule has 0 saturated heterocycles. The van der Waals surface area contributed by atoms with Crippen LogP contribution < -0.4 is 16.2 Å². The van der Waals surface area contributed by atoms with E-state index in [1.807, 2.05) is 0 Å². The molecule has 2 aromatic rings. The SMILES string of the molecule is CNC(=O)c1c(Nc2cc(Cl)cc(Cl)n2)s[nH]c1=O. The molecule has 2 aromatic heterocycles. The Morgan fingerprint density at radius 2 is 2.16 bits per heavy atom. The van der Waals surface area contributed by atoms with Gasteiger partial charge >= 0.3 is 0 Å². The maximum atomic E-state index is 11.6. The molecule has 0 atom stereocenters. The summed E-state index contributed by atoms with van der Waals surface area (Å²) in [5, 5.41) is 6.17. The van der Waals surface area contributed by atoms with Gasteiger partial charge in [-0.25, -0.2) is 4.98 Å². The number of halogens is 2. The van der Waals surface area contributed by atoms with Crippen molar-refractivity contribution in [3.63, 3.8) is 0 Å². The number of carbonyl (C=O) groups excluding carboxylic acids is 1. The zero-order chi connectivity index (χ0) is 14.0. The van der Waals surface area contributed by atoms with Gasteiger partial charge in [0.2, 0.25) is 0 Å². The van der Waals surface area contributed by atoms with Gasteiger partial charge in [-0.05, 0) is 23.7 Å². The van der Waals surface area contributed by atoms with Gasteiger partial charge < -0.3 is 10.6 Å². The zero-order valence-electron chi connectivity index (χ0n) is 9.58. The highest BCUT2D eigenvalue weighted by Crippen LogP contribution is 2.25. The van der Waals surface area contributed by atoms with Crippen molar-refractivity contribution in [1.29, 1.82) is 0 Å².